The van der Waals surface area contributed by atoms with Gasteiger partial charge in [-0.25, -0.2) is 14.4 Å². The summed E-state index contributed by atoms with van der Waals surface area (Å²) in [5.74, 6) is -1.39. The Bertz CT molecular complexity index is 2280. The Balaban J connectivity index is 0.773. The number of hydrogen-bond donors (Lipinski definition) is 4. The fourth-order valence-electron chi connectivity index (χ4n) is 8.08. The molecule has 1 aliphatic carbocycles. The van der Waals surface area contributed by atoms with Crippen LogP contribution in [0.2, 0.25) is 5.02 Å². The molecule has 19 heteroatoms. The highest BCUT2D eigenvalue weighted by Gasteiger charge is 2.43. The van der Waals surface area contributed by atoms with E-state index >= 15 is 0 Å². The number of nitrogens with zero attached hydrogens (tertiary/aromatic N) is 3. The van der Waals surface area contributed by atoms with Gasteiger partial charge in [-0.05, 0) is 74.9 Å². The highest BCUT2D eigenvalue weighted by molar-refractivity contribution is 7.13. The smallest absolute Gasteiger partial charge is 0.255 e. The van der Waals surface area contributed by atoms with Gasteiger partial charge in [0.25, 0.3) is 5.91 Å². The van der Waals surface area contributed by atoms with Gasteiger partial charge in [0.05, 0.1) is 49.4 Å². The minimum absolute atomic E-state index is 0.00527. The lowest BCUT2D eigenvalue weighted by molar-refractivity contribution is -0.137. The van der Waals surface area contributed by atoms with Crippen molar-refractivity contribution in [2.45, 2.75) is 76.5 Å². The van der Waals surface area contributed by atoms with E-state index in [9.17, 15) is 28.4 Å². The summed E-state index contributed by atoms with van der Waals surface area (Å²) in [4.78, 5) is 74.2. The molecule has 1 atom stereocenters. The molecule has 4 N–H and O–H groups in total. The third-order valence-electron chi connectivity index (χ3n) is 11.4. The van der Waals surface area contributed by atoms with Crippen molar-refractivity contribution >= 4 is 69.1 Å². The molecule has 4 aromatic rings. The molecule has 2 fully saturated rings. The van der Waals surface area contributed by atoms with Crippen molar-refractivity contribution in [1.82, 2.24) is 25.5 Å². The number of anilines is 3. The predicted octanol–water partition coefficient (Wildman–Crippen LogP) is 5.97. The highest BCUT2D eigenvalue weighted by Crippen LogP contribution is 2.41. The van der Waals surface area contributed by atoms with Gasteiger partial charge in [0.2, 0.25) is 23.6 Å². The van der Waals surface area contributed by atoms with E-state index in [0.717, 1.165) is 10.8 Å². The first-order chi connectivity index (χ1) is 31.1. The van der Waals surface area contributed by atoms with Crippen LogP contribution in [0.25, 0.3) is 0 Å². The Kier molecular flexibility index (Phi) is 16.3. The molecular weight excluding hydrogens is 869 g/mol. The number of hydrogen-bond acceptors (Lipinski definition) is 13. The van der Waals surface area contributed by atoms with E-state index in [0.29, 0.717) is 101 Å². The number of imide groups is 1. The third-order valence-corrected chi connectivity index (χ3v) is 12.4. The number of fused-ring (bicyclic) bond motifs is 1. The van der Waals surface area contributed by atoms with Gasteiger partial charge < -0.3 is 39.8 Å². The zero-order chi connectivity index (χ0) is 44.9. The number of thiazole rings is 1. The third kappa shape index (κ3) is 12.2. The number of benzene rings is 2. The fraction of sp³-hybridized carbons (Fsp3) is 0.444. The van der Waals surface area contributed by atoms with Gasteiger partial charge in [-0.15, -0.1) is 11.3 Å². The molecule has 7 rings (SSSR count). The quantitative estimate of drug-likeness (QED) is 0.0533. The van der Waals surface area contributed by atoms with Crippen molar-refractivity contribution in [2.75, 3.05) is 56.8 Å². The summed E-state index contributed by atoms with van der Waals surface area (Å²) >= 11 is 7.44. The average Bonchev–Trinajstić information content (AvgIpc) is 3.92. The lowest BCUT2D eigenvalue weighted by Crippen LogP contribution is -2.52. The first-order valence-electron chi connectivity index (χ1n) is 21.4. The molecule has 4 heterocycles. The molecule has 2 aromatic carbocycles. The van der Waals surface area contributed by atoms with E-state index in [1.165, 1.54) is 22.3 Å². The van der Waals surface area contributed by atoms with E-state index in [2.05, 4.69) is 26.3 Å². The number of carbonyl (C=O) groups is 5. The fourth-order valence-corrected chi connectivity index (χ4v) is 8.78. The van der Waals surface area contributed by atoms with Crippen LogP contribution in [0.4, 0.5) is 21.0 Å². The van der Waals surface area contributed by atoms with Crippen molar-refractivity contribution in [2.24, 2.45) is 5.41 Å². The maximum absolute atomic E-state index is 14.6. The molecule has 1 saturated carbocycles. The van der Waals surface area contributed by atoms with E-state index in [1.807, 2.05) is 23.6 Å². The van der Waals surface area contributed by atoms with Crippen LogP contribution in [0, 0.1) is 11.2 Å². The molecule has 0 bridgehead atoms. The van der Waals surface area contributed by atoms with E-state index in [4.69, 9.17) is 35.5 Å². The average molecular weight is 920 g/mol. The molecule has 5 amide bonds. The molecule has 16 nitrogen and oxygen atoms in total. The Morgan fingerprint density at radius 3 is 2.48 bits per heavy atom. The molecule has 64 heavy (non-hydrogen) atoms. The predicted molar refractivity (Wildman–Crippen MR) is 236 cm³/mol. The molecule has 0 spiro atoms. The number of aromatic nitrogens is 2. The van der Waals surface area contributed by atoms with Crippen LogP contribution in [0.15, 0.2) is 66.2 Å². The number of amides is 5. The normalized spacial score (nSPS) is 19.5. The van der Waals surface area contributed by atoms with Crippen molar-refractivity contribution in [3.05, 3.63) is 93.8 Å². The van der Waals surface area contributed by atoms with Crippen molar-refractivity contribution < 1.29 is 47.3 Å². The number of carbonyl (C=O) groups excluding carboxylic acids is 5. The van der Waals surface area contributed by atoms with Crippen LogP contribution < -0.4 is 26.0 Å². The molecule has 1 saturated heterocycles. The van der Waals surface area contributed by atoms with Crippen LogP contribution in [0.3, 0.4) is 0 Å². The van der Waals surface area contributed by atoms with Gasteiger partial charge in [0.1, 0.15) is 11.9 Å². The van der Waals surface area contributed by atoms with Gasteiger partial charge in [0, 0.05) is 73.2 Å². The Morgan fingerprint density at radius 1 is 0.938 bits per heavy atom. The number of piperidine rings is 1. The van der Waals surface area contributed by atoms with Crippen LogP contribution in [0.5, 0.6) is 5.75 Å². The number of pyridine rings is 1. The molecule has 1 unspecified atom stereocenters. The maximum Gasteiger partial charge on any atom is 0.255 e. The largest absolute Gasteiger partial charge is 0.487 e. The summed E-state index contributed by atoms with van der Waals surface area (Å²) in [5, 5.41) is 14.0. The summed E-state index contributed by atoms with van der Waals surface area (Å²) in [5.41, 5.74) is 1.55. The molecule has 2 aromatic heterocycles. The second kappa shape index (κ2) is 22.4. The zero-order valence-corrected chi connectivity index (χ0v) is 36.8. The number of rotatable bonds is 22. The summed E-state index contributed by atoms with van der Waals surface area (Å²) < 4.78 is 37.7. The number of ether oxygens (including phenoxy) is 4. The Labute approximate surface area is 378 Å². The monoisotopic (exact) mass is 919 g/mol. The highest BCUT2D eigenvalue weighted by atomic mass is 35.5. The SMILES string of the molecule is O=C1CCC(N2Cc3c(NC(=O)CCOCCCOCCOCCNC(=O)[C@]4(Cc5cccc(Nc6nccs6)n5)CC[C@@H](Oc5cccc(Cl)c5F)CC4)cccc3C2=O)C(=O)N1. The van der Waals surface area contributed by atoms with E-state index in [1.54, 1.807) is 36.5 Å². The van der Waals surface area contributed by atoms with Crippen LogP contribution in [-0.2, 0) is 46.4 Å². The Morgan fingerprint density at radius 2 is 1.70 bits per heavy atom. The van der Waals surface area contributed by atoms with Gasteiger partial charge >= 0.3 is 0 Å². The minimum Gasteiger partial charge on any atom is -0.487 e. The Hall–Kier alpha value is -5.53. The topological polar surface area (TPSA) is 199 Å². The summed E-state index contributed by atoms with van der Waals surface area (Å²) in [6, 6.07) is 14.7. The summed E-state index contributed by atoms with van der Waals surface area (Å²) in [6.07, 6.45) is 5.09. The molecular formula is C45H51ClFN7O9S. The molecule has 2 aliphatic heterocycles. The summed E-state index contributed by atoms with van der Waals surface area (Å²) in [7, 11) is 0. The molecule has 3 aliphatic rings. The van der Waals surface area contributed by atoms with E-state index < -0.39 is 23.2 Å². The van der Waals surface area contributed by atoms with Gasteiger partial charge in [-0.2, -0.15) is 0 Å². The number of nitrogens with one attached hydrogen (secondary N) is 4. The van der Waals surface area contributed by atoms with Crippen molar-refractivity contribution in [3.8, 4) is 5.75 Å². The van der Waals surface area contributed by atoms with Crippen LogP contribution >= 0.6 is 22.9 Å². The van der Waals surface area contributed by atoms with Crippen molar-refractivity contribution in [1.29, 1.82) is 0 Å². The first-order valence-corrected chi connectivity index (χ1v) is 22.7. The summed E-state index contributed by atoms with van der Waals surface area (Å²) in [6.45, 7) is 2.48. The van der Waals surface area contributed by atoms with Gasteiger partial charge in [-0.1, -0.05) is 29.8 Å². The van der Waals surface area contributed by atoms with Crippen LogP contribution in [0.1, 0.15) is 73.0 Å². The van der Waals surface area contributed by atoms with Gasteiger partial charge in [0.15, 0.2) is 16.7 Å². The molecule has 0 radical (unpaired) electrons. The minimum atomic E-state index is -0.762. The van der Waals surface area contributed by atoms with Gasteiger partial charge in [-0.3, -0.25) is 29.3 Å². The lowest BCUT2D eigenvalue weighted by atomic mass is 9.69. The maximum atomic E-state index is 14.6. The van der Waals surface area contributed by atoms with Crippen LogP contribution in [-0.4, -0.2) is 103 Å². The van der Waals surface area contributed by atoms with E-state index in [-0.39, 0.29) is 72.9 Å². The lowest BCUT2D eigenvalue weighted by Gasteiger charge is -2.39. The number of halogens is 2. The first kappa shape index (κ1) is 46.5. The molecule has 340 valence electrons. The second-order valence-electron chi connectivity index (χ2n) is 15.8. The zero-order valence-electron chi connectivity index (χ0n) is 35.2. The van der Waals surface area contributed by atoms with Crippen molar-refractivity contribution in [3.63, 3.8) is 0 Å². The standard InChI is InChI=1S/C45H51ClFN7O9S/c46-33-7-3-9-36(40(33)47)63-30-13-16-45(17-14-30,27-29-5-1-10-37(50-29)52-44-49-19-26-64-44)43(59)48-18-23-62-25-24-61-21-4-20-60-22-15-39(56)51-34-8-2-6-31-32(34)28-54(42(31)58)35-11-12-38(55)53-41(35)57/h1-3,5-10,19,26,30,35H,4,11-18,20-25,27-28H2,(H,48,59)(H,51,56)(H,49,50,52)(H,53,55,57)/t30-,35?,45-. The second-order valence-corrected chi connectivity index (χ2v) is 17.1.